The van der Waals surface area contributed by atoms with Crippen LogP contribution in [-0.4, -0.2) is 12.6 Å². The first-order chi connectivity index (χ1) is 6.86. The summed E-state index contributed by atoms with van der Waals surface area (Å²) in [4.78, 5) is 20.6. The second-order valence-corrected chi connectivity index (χ2v) is 3.28. The summed E-state index contributed by atoms with van der Waals surface area (Å²) in [5, 5.41) is 0. The predicted molar refractivity (Wildman–Crippen MR) is 55.4 cm³/mol. The molecule has 0 spiro atoms. The number of aldehydes is 2. The van der Waals surface area contributed by atoms with E-state index in [-0.39, 0.29) is 0 Å². The number of benzene rings is 1. The summed E-state index contributed by atoms with van der Waals surface area (Å²) < 4.78 is 0. The maximum atomic E-state index is 10.5. The Labute approximate surface area is 83.9 Å². The molecule has 1 aromatic rings. The van der Waals surface area contributed by atoms with Crippen molar-refractivity contribution in [2.75, 3.05) is 0 Å². The van der Waals surface area contributed by atoms with Gasteiger partial charge < -0.3 is 4.79 Å². The van der Waals surface area contributed by atoms with E-state index in [1.165, 1.54) is 5.56 Å². The molecule has 2 heteroatoms. The molecular weight excluding hydrogens is 176 g/mol. The molecule has 0 radical (unpaired) electrons. The molecule has 0 N–H and O–H groups in total. The molecule has 0 atom stereocenters. The fourth-order valence-electron chi connectivity index (χ4n) is 1.38. The van der Waals surface area contributed by atoms with Gasteiger partial charge in [0.2, 0.25) is 0 Å². The first-order valence-corrected chi connectivity index (χ1v) is 4.84. The number of hydrogen-bond acceptors (Lipinski definition) is 2. The lowest BCUT2D eigenvalue weighted by Crippen LogP contribution is -1.88. The third-order valence-electron chi connectivity index (χ3n) is 2.12. The monoisotopic (exact) mass is 190 g/mol. The highest BCUT2D eigenvalue weighted by atomic mass is 16.1. The highest BCUT2D eigenvalue weighted by molar-refractivity contribution is 5.74. The molecule has 14 heavy (non-hydrogen) atoms. The van der Waals surface area contributed by atoms with Crippen LogP contribution in [0.2, 0.25) is 0 Å². The van der Waals surface area contributed by atoms with Gasteiger partial charge in [-0.3, -0.25) is 4.79 Å². The van der Waals surface area contributed by atoms with Gasteiger partial charge in [-0.05, 0) is 30.9 Å². The van der Waals surface area contributed by atoms with Gasteiger partial charge in [-0.15, -0.1) is 0 Å². The van der Waals surface area contributed by atoms with Gasteiger partial charge in [0.15, 0.2) is 0 Å². The lowest BCUT2D eigenvalue weighted by Gasteiger charge is -2.00. The van der Waals surface area contributed by atoms with E-state index in [2.05, 4.69) is 0 Å². The van der Waals surface area contributed by atoms with Gasteiger partial charge >= 0.3 is 0 Å². The van der Waals surface area contributed by atoms with Crippen molar-refractivity contribution in [3.8, 4) is 0 Å². The maximum absolute atomic E-state index is 10.5. The van der Waals surface area contributed by atoms with E-state index >= 15 is 0 Å². The number of hydrogen-bond donors (Lipinski definition) is 0. The highest BCUT2D eigenvalue weighted by Crippen LogP contribution is 2.07. The van der Waals surface area contributed by atoms with Crippen LogP contribution in [0.5, 0.6) is 0 Å². The zero-order valence-corrected chi connectivity index (χ0v) is 8.11. The van der Waals surface area contributed by atoms with Crippen LogP contribution in [0.3, 0.4) is 0 Å². The smallest absolute Gasteiger partial charge is 0.150 e. The summed E-state index contributed by atoms with van der Waals surface area (Å²) >= 11 is 0. The van der Waals surface area contributed by atoms with E-state index in [1.807, 2.05) is 18.2 Å². The van der Waals surface area contributed by atoms with Crippen molar-refractivity contribution in [2.24, 2.45) is 0 Å². The molecule has 1 rings (SSSR count). The standard InChI is InChI=1S/C12H14O2/c13-8-3-1-2-5-11-6-4-7-12(9-11)10-14/h4,6-10H,1-3,5H2. The Balaban J connectivity index is 2.42. The minimum Gasteiger partial charge on any atom is -0.303 e. The quantitative estimate of drug-likeness (QED) is 0.510. The molecule has 1 aromatic carbocycles. The van der Waals surface area contributed by atoms with E-state index < -0.39 is 0 Å². The Morgan fingerprint density at radius 3 is 2.71 bits per heavy atom. The molecule has 0 amide bonds. The molecule has 0 saturated carbocycles. The fraction of sp³-hybridized carbons (Fsp3) is 0.333. The van der Waals surface area contributed by atoms with Gasteiger partial charge in [0.25, 0.3) is 0 Å². The zero-order chi connectivity index (χ0) is 10.2. The summed E-state index contributed by atoms with van der Waals surface area (Å²) in [5.41, 5.74) is 1.89. The summed E-state index contributed by atoms with van der Waals surface area (Å²) in [5.74, 6) is 0. The highest BCUT2D eigenvalue weighted by Gasteiger charge is 1.95. The summed E-state index contributed by atoms with van der Waals surface area (Å²) in [6.07, 6.45) is 5.30. The van der Waals surface area contributed by atoms with Crippen LogP contribution in [0.1, 0.15) is 35.2 Å². The number of carbonyl (C=O) groups excluding carboxylic acids is 2. The largest absolute Gasteiger partial charge is 0.303 e. The molecule has 0 heterocycles. The number of unbranched alkanes of at least 4 members (excludes halogenated alkanes) is 2. The Kier molecular flexibility index (Phi) is 4.62. The van der Waals surface area contributed by atoms with Crippen LogP contribution in [0.15, 0.2) is 24.3 Å². The van der Waals surface area contributed by atoms with Crippen molar-refractivity contribution in [1.29, 1.82) is 0 Å². The lowest BCUT2D eigenvalue weighted by atomic mass is 10.1. The fourth-order valence-corrected chi connectivity index (χ4v) is 1.38. The van der Waals surface area contributed by atoms with Gasteiger partial charge in [0, 0.05) is 12.0 Å². The number of rotatable bonds is 6. The van der Waals surface area contributed by atoms with Crippen LogP contribution in [0.25, 0.3) is 0 Å². The first-order valence-electron chi connectivity index (χ1n) is 4.84. The molecule has 0 unspecified atom stereocenters. The first kappa shape index (κ1) is 10.6. The van der Waals surface area contributed by atoms with Crippen molar-refractivity contribution in [3.63, 3.8) is 0 Å². The van der Waals surface area contributed by atoms with Crippen molar-refractivity contribution in [1.82, 2.24) is 0 Å². The summed E-state index contributed by atoms with van der Waals surface area (Å²) in [7, 11) is 0. The Hall–Kier alpha value is -1.44. The molecule has 0 aromatic heterocycles. The second kappa shape index (κ2) is 6.08. The Bertz CT molecular complexity index is 305. The van der Waals surface area contributed by atoms with E-state index in [1.54, 1.807) is 6.07 Å². The molecule has 2 nitrogen and oxygen atoms in total. The summed E-state index contributed by atoms with van der Waals surface area (Å²) in [6, 6.07) is 7.59. The van der Waals surface area contributed by atoms with Crippen LogP contribution in [0, 0.1) is 0 Å². The lowest BCUT2D eigenvalue weighted by molar-refractivity contribution is -0.107. The molecule has 0 fully saturated rings. The normalized spacial score (nSPS) is 9.71. The molecule has 0 bridgehead atoms. The molecular formula is C12H14O2. The van der Waals surface area contributed by atoms with Gasteiger partial charge in [-0.2, -0.15) is 0 Å². The Morgan fingerprint density at radius 2 is 2.00 bits per heavy atom. The van der Waals surface area contributed by atoms with Crippen molar-refractivity contribution in [2.45, 2.75) is 25.7 Å². The predicted octanol–water partition coefficient (Wildman–Crippen LogP) is 2.41. The van der Waals surface area contributed by atoms with Crippen LogP contribution in [-0.2, 0) is 11.2 Å². The van der Waals surface area contributed by atoms with Gasteiger partial charge in [-0.25, -0.2) is 0 Å². The molecule has 0 saturated heterocycles. The number of carbonyl (C=O) groups is 2. The van der Waals surface area contributed by atoms with E-state index in [0.29, 0.717) is 6.42 Å². The van der Waals surface area contributed by atoms with Crippen molar-refractivity contribution < 1.29 is 9.59 Å². The minimum atomic E-state index is 0.632. The molecule has 0 aliphatic heterocycles. The van der Waals surface area contributed by atoms with Crippen molar-refractivity contribution in [3.05, 3.63) is 35.4 Å². The Morgan fingerprint density at radius 1 is 1.14 bits per heavy atom. The average molecular weight is 190 g/mol. The topological polar surface area (TPSA) is 34.1 Å². The molecule has 0 aliphatic rings. The van der Waals surface area contributed by atoms with E-state index in [0.717, 1.165) is 37.4 Å². The second-order valence-electron chi connectivity index (χ2n) is 3.28. The summed E-state index contributed by atoms with van der Waals surface area (Å²) in [6.45, 7) is 0. The third-order valence-corrected chi connectivity index (χ3v) is 2.12. The van der Waals surface area contributed by atoms with Crippen molar-refractivity contribution >= 4 is 12.6 Å². The SMILES string of the molecule is O=CCCCCc1cccc(C=O)c1. The van der Waals surface area contributed by atoms with Gasteiger partial charge in [-0.1, -0.05) is 18.2 Å². The van der Waals surface area contributed by atoms with E-state index in [4.69, 9.17) is 0 Å². The van der Waals surface area contributed by atoms with Crippen LogP contribution in [0.4, 0.5) is 0 Å². The van der Waals surface area contributed by atoms with Crippen LogP contribution < -0.4 is 0 Å². The van der Waals surface area contributed by atoms with E-state index in [9.17, 15) is 9.59 Å². The molecule has 74 valence electrons. The molecule has 0 aliphatic carbocycles. The average Bonchev–Trinajstić information content (AvgIpc) is 2.25. The van der Waals surface area contributed by atoms with Gasteiger partial charge in [0.1, 0.15) is 12.6 Å². The number of aryl methyl sites for hydroxylation is 1. The van der Waals surface area contributed by atoms with Crippen LogP contribution >= 0.6 is 0 Å². The zero-order valence-electron chi connectivity index (χ0n) is 8.11. The maximum Gasteiger partial charge on any atom is 0.150 e. The minimum absolute atomic E-state index is 0.632. The third kappa shape index (κ3) is 3.52. The van der Waals surface area contributed by atoms with Gasteiger partial charge in [0.05, 0.1) is 0 Å².